The number of carbonyl (C=O) groups excluding carboxylic acids is 1. The molecule has 0 aliphatic rings. The second-order valence-electron chi connectivity index (χ2n) is 7.62. The number of carbonyl (C=O) groups is 1. The van der Waals surface area contributed by atoms with Crippen molar-refractivity contribution in [2.45, 2.75) is 32.8 Å². The van der Waals surface area contributed by atoms with Crippen LogP contribution in [-0.4, -0.2) is 61.0 Å². The van der Waals surface area contributed by atoms with Crippen molar-refractivity contribution in [1.29, 1.82) is 0 Å². The number of hydrogen-bond donors (Lipinski definition) is 1. The lowest BCUT2D eigenvalue weighted by Crippen LogP contribution is -2.35. The normalized spacial score (nSPS) is 12.0. The summed E-state index contributed by atoms with van der Waals surface area (Å²) in [5, 5.41) is 16.8. The van der Waals surface area contributed by atoms with Crippen LogP contribution < -0.4 is 5.32 Å². The SMILES string of the molecule is CN(CCCNc1cc(-n2cnnc2)cc2c1cnn2PI)C(=O)OC(C)(C)C. The molecule has 1 amide bonds. The first-order chi connectivity index (χ1) is 13.8. The smallest absolute Gasteiger partial charge is 0.410 e. The minimum atomic E-state index is -0.489. The van der Waals surface area contributed by atoms with Crippen molar-refractivity contribution in [3.63, 3.8) is 0 Å². The van der Waals surface area contributed by atoms with Crippen LogP contribution in [-0.2, 0) is 4.74 Å². The maximum Gasteiger partial charge on any atom is 0.410 e. The fraction of sp³-hybridized carbons (Fsp3) is 0.444. The largest absolute Gasteiger partial charge is 0.444 e. The molecular formula is C18H25IN7O2P. The second-order valence-corrected chi connectivity index (χ2v) is 9.66. The van der Waals surface area contributed by atoms with Gasteiger partial charge in [-0.1, -0.05) is 0 Å². The van der Waals surface area contributed by atoms with Crippen LogP contribution in [0.2, 0.25) is 0 Å². The van der Waals surface area contributed by atoms with Gasteiger partial charge in [0.2, 0.25) is 0 Å². The van der Waals surface area contributed by atoms with E-state index in [0.29, 0.717) is 19.5 Å². The van der Waals surface area contributed by atoms with Crippen molar-refractivity contribution >= 4 is 51.1 Å². The van der Waals surface area contributed by atoms with Crippen molar-refractivity contribution in [3.05, 3.63) is 31.0 Å². The molecule has 2 aromatic heterocycles. The van der Waals surface area contributed by atoms with Gasteiger partial charge >= 0.3 is 6.09 Å². The number of amides is 1. The van der Waals surface area contributed by atoms with Crippen LogP contribution in [0.15, 0.2) is 31.0 Å². The summed E-state index contributed by atoms with van der Waals surface area (Å²) < 4.78 is 9.23. The molecule has 0 fully saturated rings. The highest BCUT2D eigenvalue weighted by Crippen LogP contribution is 2.33. The lowest BCUT2D eigenvalue weighted by molar-refractivity contribution is 0.0298. The van der Waals surface area contributed by atoms with Gasteiger partial charge in [-0.05, 0) is 61.4 Å². The standard InChI is InChI=1S/C18H25IN7O2P/c1-18(2,3)28-17(27)24(4)7-5-6-20-15-8-13(25-11-21-22-12-25)9-16-14(15)10-23-26(16)29-19/h8-12,20,29H,5-7H2,1-4H3. The third-order valence-electron chi connectivity index (χ3n) is 4.16. The Hall–Kier alpha value is -1.94. The van der Waals surface area contributed by atoms with Crippen LogP contribution in [0.4, 0.5) is 10.5 Å². The van der Waals surface area contributed by atoms with E-state index in [0.717, 1.165) is 28.7 Å². The molecule has 0 spiro atoms. The van der Waals surface area contributed by atoms with Crippen LogP contribution in [0.25, 0.3) is 16.6 Å². The second kappa shape index (κ2) is 9.25. The number of aromatic nitrogens is 5. The summed E-state index contributed by atoms with van der Waals surface area (Å²) in [4.78, 5) is 13.7. The number of nitrogens with zero attached hydrogens (tertiary/aromatic N) is 6. The van der Waals surface area contributed by atoms with Crippen LogP contribution in [0.5, 0.6) is 0 Å². The Morgan fingerprint density at radius 2 is 2.03 bits per heavy atom. The quantitative estimate of drug-likeness (QED) is 0.282. The van der Waals surface area contributed by atoms with Gasteiger partial charge in [0.1, 0.15) is 18.3 Å². The Morgan fingerprint density at radius 1 is 1.31 bits per heavy atom. The molecule has 0 saturated carbocycles. The number of anilines is 1. The van der Waals surface area contributed by atoms with Gasteiger partial charge in [0, 0.05) is 31.2 Å². The summed E-state index contributed by atoms with van der Waals surface area (Å²) in [7, 11) is 1.75. The Morgan fingerprint density at radius 3 is 2.69 bits per heavy atom. The van der Waals surface area contributed by atoms with E-state index in [9.17, 15) is 4.79 Å². The summed E-state index contributed by atoms with van der Waals surface area (Å²) in [6.45, 7) is 6.91. The summed E-state index contributed by atoms with van der Waals surface area (Å²) in [6.07, 6.45) is 6.22. The van der Waals surface area contributed by atoms with Gasteiger partial charge in [-0.3, -0.25) is 4.57 Å². The first-order valence-corrected chi connectivity index (χ1v) is 13.3. The first kappa shape index (κ1) is 21.8. The Kier molecular flexibility index (Phi) is 6.94. The number of hydrogen-bond acceptors (Lipinski definition) is 6. The molecule has 1 atom stereocenters. The maximum atomic E-state index is 12.1. The first-order valence-electron chi connectivity index (χ1n) is 9.20. The Bertz CT molecular complexity index is 969. The zero-order valence-corrected chi connectivity index (χ0v) is 20.0. The van der Waals surface area contributed by atoms with E-state index < -0.39 is 5.60 Å². The van der Waals surface area contributed by atoms with Crippen molar-refractivity contribution in [3.8, 4) is 5.69 Å². The van der Waals surface area contributed by atoms with Gasteiger partial charge in [-0.25, -0.2) is 9.25 Å². The average molecular weight is 529 g/mol. The predicted molar refractivity (Wildman–Crippen MR) is 124 cm³/mol. The van der Waals surface area contributed by atoms with Gasteiger partial charge in [0.05, 0.1) is 23.8 Å². The minimum Gasteiger partial charge on any atom is -0.444 e. The zero-order valence-electron chi connectivity index (χ0n) is 16.9. The van der Waals surface area contributed by atoms with E-state index in [2.05, 4.69) is 54.8 Å². The average Bonchev–Trinajstić information content (AvgIpc) is 3.32. The van der Waals surface area contributed by atoms with Crippen LogP contribution in [0.3, 0.4) is 0 Å². The molecule has 0 radical (unpaired) electrons. The molecule has 0 aliphatic heterocycles. The summed E-state index contributed by atoms with van der Waals surface area (Å²) in [6, 6.07) is 4.14. The molecule has 0 aliphatic carbocycles. The molecule has 0 bridgehead atoms. The Balaban J connectivity index is 1.68. The number of nitrogens with one attached hydrogen (secondary N) is 1. The lowest BCUT2D eigenvalue weighted by atomic mass is 10.2. The number of ether oxygens (including phenoxy) is 1. The van der Waals surface area contributed by atoms with Gasteiger partial charge in [-0.2, -0.15) is 5.10 Å². The third kappa shape index (κ3) is 5.57. The minimum absolute atomic E-state index is 0.307. The van der Waals surface area contributed by atoms with Crippen molar-refractivity contribution in [1.82, 2.24) is 29.2 Å². The van der Waals surface area contributed by atoms with Crippen molar-refractivity contribution < 1.29 is 9.53 Å². The molecule has 2 heterocycles. The van der Waals surface area contributed by atoms with E-state index in [4.69, 9.17) is 4.74 Å². The highest BCUT2D eigenvalue weighted by molar-refractivity contribution is 14.2. The van der Waals surface area contributed by atoms with Crippen LogP contribution in [0, 0.1) is 0 Å². The predicted octanol–water partition coefficient (Wildman–Crippen LogP) is 4.08. The highest BCUT2D eigenvalue weighted by atomic mass is 127. The van der Waals surface area contributed by atoms with E-state index in [1.807, 2.05) is 36.0 Å². The summed E-state index contributed by atoms with van der Waals surface area (Å²) in [5.74, 6) is 0. The fourth-order valence-corrected chi connectivity index (χ4v) is 4.31. The summed E-state index contributed by atoms with van der Waals surface area (Å²) in [5.41, 5.74) is 2.52. The molecule has 3 rings (SSSR count). The van der Waals surface area contributed by atoms with Gasteiger partial charge in [0.25, 0.3) is 0 Å². The molecular weight excluding hydrogens is 504 g/mol. The van der Waals surface area contributed by atoms with Crippen molar-refractivity contribution in [2.75, 3.05) is 25.5 Å². The summed E-state index contributed by atoms with van der Waals surface area (Å²) >= 11 is 2.32. The Labute approximate surface area is 184 Å². The molecule has 1 N–H and O–H groups in total. The van der Waals surface area contributed by atoms with E-state index in [1.54, 1.807) is 24.6 Å². The monoisotopic (exact) mass is 529 g/mol. The molecule has 9 nitrogen and oxygen atoms in total. The lowest BCUT2D eigenvalue weighted by Gasteiger charge is -2.24. The van der Waals surface area contributed by atoms with Crippen LogP contribution in [0.1, 0.15) is 27.2 Å². The molecule has 156 valence electrons. The number of rotatable bonds is 7. The van der Waals surface area contributed by atoms with Gasteiger partial charge in [-0.15, -0.1) is 10.2 Å². The number of halogens is 1. The molecule has 29 heavy (non-hydrogen) atoms. The zero-order chi connectivity index (χ0) is 21.0. The molecule has 11 heteroatoms. The maximum absolute atomic E-state index is 12.1. The van der Waals surface area contributed by atoms with Gasteiger partial charge < -0.3 is 15.0 Å². The number of fused-ring (bicyclic) bond motifs is 1. The van der Waals surface area contributed by atoms with Crippen LogP contribution >= 0.6 is 28.4 Å². The van der Waals surface area contributed by atoms with E-state index in [-0.39, 0.29) is 6.09 Å². The molecule has 1 unspecified atom stereocenters. The van der Waals surface area contributed by atoms with E-state index >= 15 is 0 Å². The van der Waals surface area contributed by atoms with Crippen molar-refractivity contribution in [2.24, 2.45) is 0 Å². The topological polar surface area (TPSA) is 90.1 Å². The third-order valence-corrected chi connectivity index (χ3v) is 6.05. The van der Waals surface area contributed by atoms with E-state index in [1.165, 1.54) is 0 Å². The fourth-order valence-electron chi connectivity index (χ4n) is 2.78. The molecule has 1 aromatic carbocycles. The van der Waals surface area contributed by atoms with Gasteiger partial charge in [0.15, 0.2) is 0 Å². The number of benzene rings is 1. The highest BCUT2D eigenvalue weighted by Gasteiger charge is 2.19. The molecule has 3 aromatic rings. The molecule has 0 saturated heterocycles.